The van der Waals surface area contributed by atoms with Crippen molar-refractivity contribution in [2.24, 2.45) is 0 Å². The summed E-state index contributed by atoms with van der Waals surface area (Å²) in [5.41, 5.74) is 8.24. The van der Waals surface area contributed by atoms with Crippen LogP contribution in [0.3, 0.4) is 0 Å². The van der Waals surface area contributed by atoms with E-state index in [0.717, 1.165) is 21.5 Å². The fourth-order valence-corrected chi connectivity index (χ4v) is 5.56. The van der Waals surface area contributed by atoms with Gasteiger partial charge >= 0.3 is 0 Å². The monoisotopic (exact) mass is 474 g/mol. The van der Waals surface area contributed by atoms with E-state index in [0.29, 0.717) is 32.7 Å². The maximum atomic E-state index is 13.8. The summed E-state index contributed by atoms with van der Waals surface area (Å²) in [5, 5.41) is 5.81. The van der Waals surface area contributed by atoms with Crippen molar-refractivity contribution >= 4 is 59.2 Å². The third-order valence-electron chi connectivity index (χ3n) is 5.96. The summed E-state index contributed by atoms with van der Waals surface area (Å²) in [6, 6.07) is 15.3. The van der Waals surface area contributed by atoms with Gasteiger partial charge in [0, 0.05) is 43.4 Å². The highest BCUT2D eigenvalue weighted by Gasteiger charge is 2.25. The molecule has 0 bridgehead atoms. The molecule has 5 aromatic carbocycles. The first-order valence-corrected chi connectivity index (χ1v) is 18.6. The van der Waals surface area contributed by atoms with Gasteiger partial charge in [0.15, 0.2) is 10.9 Å². The van der Waals surface area contributed by atoms with Crippen molar-refractivity contribution < 1.29 is 0 Å². The van der Waals surface area contributed by atoms with Gasteiger partial charge < -0.3 is 0 Å². The molecule has 0 fully saturated rings. The van der Waals surface area contributed by atoms with Crippen LogP contribution in [0.4, 0.5) is 0 Å². The van der Waals surface area contributed by atoms with Crippen LogP contribution in [0.1, 0.15) is 11.1 Å². The van der Waals surface area contributed by atoms with Gasteiger partial charge in [0.05, 0.1) is 0 Å². The van der Waals surface area contributed by atoms with Gasteiger partial charge in [0.2, 0.25) is 0 Å². The Kier molecular flexibility index (Phi) is 4.95. The average Bonchev–Trinajstić information content (AvgIpc) is 3.23. The first-order valence-electron chi connectivity index (χ1n) is 11.6. The number of fused-ring (bicyclic) bond motifs is 6. The normalized spacial score (nSPS) is 12.2. The molecule has 0 N–H and O–H groups in total. The average molecular weight is 475 g/mol. The maximum Gasteiger partial charge on any atom is 0.195 e. The van der Waals surface area contributed by atoms with Crippen LogP contribution < -0.4 is 10.9 Å². The van der Waals surface area contributed by atoms with E-state index < -0.39 is 16.1 Å². The molecule has 0 aliphatic rings. The lowest BCUT2D eigenvalue weighted by Crippen LogP contribution is -2.16. The Labute approximate surface area is 201 Å². The number of benzene rings is 3. The Morgan fingerprint density at radius 3 is 1.15 bits per heavy atom. The minimum Gasteiger partial charge on any atom is -0.289 e. The van der Waals surface area contributed by atoms with E-state index in [1.54, 1.807) is 0 Å². The van der Waals surface area contributed by atoms with Crippen molar-refractivity contribution in [3.8, 4) is 22.9 Å². The first-order chi connectivity index (χ1) is 16.0. The fraction of sp³-hybridized carbons (Fsp3) is 0.200. The zero-order valence-corrected chi connectivity index (χ0v) is 22.4. The minimum atomic E-state index is -1.75. The maximum absolute atomic E-state index is 13.8. The Morgan fingerprint density at radius 1 is 0.500 bits per heavy atom. The van der Waals surface area contributed by atoms with Crippen molar-refractivity contribution in [2.75, 3.05) is 0 Å². The molecule has 0 spiro atoms. The van der Waals surface area contributed by atoms with Crippen molar-refractivity contribution in [2.45, 2.75) is 39.3 Å². The van der Waals surface area contributed by atoms with Crippen molar-refractivity contribution in [3.05, 3.63) is 80.1 Å². The summed E-state index contributed by atoms with van der Waals surface area (Å²) < 4.78 is 0. The summed E-state index contributed by atoms with van der Waals surface area (Å²) in [4.78, 5) is 27.6. The predicted molar refractivity (Wildman–Crippen MR) is 152 cm³/mol. The van der Waals surface area contributed by atoms with Crippen molar-refractivity contribution in [1.82, 2.24) is 0 Å². The van der Waals surface area contributed by atoms with E-state index in [-0.39, 0.29) is 10.9 Å². The molecule has 0 aromatic heterocycles. The standard InChI is InChI=1S/C30H26O2Si2/c1-33(2,3)17-15-23-25-19-11-7-9-13-21(19)30(32)28(25)24(16-18-34(4,5)6)26-20-12-8-10-14-22(20)29(31)27(23)26/h7-14H,1-6H3. The van der Waals surface area contributed by atoms with Crippen LogP contribution >= 0.6 is 0 Å². The second kappa shape index (κ2) is 7.53. The molecule has 0 unspecified atom stereocenters. The number of hydrogen-bond acceptors (Lipinski definition) is 2. The van der Waals surface area contributed by atoms with Gasteiger partial charge in [-0.15, -0.1) is 11.1 Å². The third kappa shape index (κ3) is 3.51. The largest absolute Gasteiger partial charge is 0.289 e. The highest BCUT2D eigenvalue weighted by molar-refractivity contribution is 6.84. The van der Waals surface area contributed by atoms with E-state index >= 15 is 0 Å². The van der Waals surface area contributed by atoms with E-state index in [1.807, 2.05) is 48.5 Å². The van der Waals surface area contributed by atoms with Gasteiger partial charge in [-0.05, 0) is 10.8 Å². The summed E-state index contributed by atoms with van der Waals surface area (Å²) in [6.07, 6.45) is 0. The highest BCUT2D eigenvalue weighted by Crippen LogP contribution is 2.38. The molecule has 0 radical (unpaired) electrons. The molecule has 4 heteroatoms. The van der Waals surface area contributed by atoms with Gasteiger partial charge in [-0.25, -0.2) is 0 Å². The van der Waals surface area contributed by atoms with Gasteiger partial charge in [-0.2, -0.15) is 0 Å². The lowest BCUT2D eigenvalue weighted by atomic mass is 9.95. The van der Waals surface area contributed by atoms with E-state index in [4.69, 9.17) is 0 Å². The van der Waals surface area contributed by atoms with Crippen LogP contribution in [-0.4, -0.2) is 16.1 Å². The van der Waals surface area contributed by atoms with Crippen LogP contribution in [0.5, 0.6) is 0 Å². The molecule has 5 rings (SSSR count). The number of rotatable bonds is 0. The summed E-state index contributed by atoms with van der Waals surface area (Å²) in [5.74, 6) is 6.82. The molecule has 0 aliphatic carbocycles. The number of hydrogen-bond donors (Lipinski definition) is 0. The van der Waals surface area contributed by atoms with Crippen molar-refractivity contribution in [1.29, 1.82) is 0 Å². The molecule has 0 aliphatic heterocycles. The Morgan fingerprint density at radius 2 is 0.824 bits per heavy atom. The third-order valence-corrected chi connectivity index (χ3v) is 7.71. The molecular formula is C30H26O2Si2. The fourth-order valence-electron chi connectivity index (χ4n) is 4.56. The topological polar surface area (TPSA) is 34.1 Å². The Hall–Kier alpha value is -3.45. The van der Waals surface area contributed by atoms with Crippen LogP contribution in [0, 0.1) is 22.9 Å². The molecule has 0 heterocycles. The second-order valence-corrected chi connectivity index (χ2v) is 20.5. The molecule has 0 saturated heterocycles. The molecule has 0 atom stereocenters. The molecule has 166 valence electrons. The predicted octanol–water partition coefficient (Wildman–Crippen LogP) is 6.35. The molecular weight excluding hydrogens is 449 g/mol. The van der Waals surface area contributed by atoms with Crippen LogP contribution in [0.15, 0.2) is 58.1 Å². The van der Waals surface area contributed by atoms with Gasteiger partial charge in [0.1, 0.15) is 16.1 Å². The van der Waals surface area contributed by atoms with Gasteiger partial charge in [0.25, 0.3) is 0 Å². The summed E-state index contributed by atoms with van der Waals surface area (Å²) in [7, 11) is -3.50. The molecule has 5 aromatic rings. The van der Waals surface area contributed by atoms with Gasteiger partial charge in [-0.1, -0.05) is 99.7 Å². The zero-order valence-electron chi connectivity index (χ0n) is 20.4. The minimum absolute atomic E-state index is 0.0267. The quantitative estimate of drug-likeness (QED) is 0.193. The lowest BCUT2D eigenvalue weighted by molar-refractivity contribution is 1.77. The SMILES string of the molecule is C[Si](C)(C)C#Cc1c2c(=O)c3ccccc3c2c(C#C[Si](C)(C)C)c2c(=O)c3ccccc3c12. The summed E-state index contributed by atoms with van der Waals surface area (Å²) in [6.45, 7) is 13.1. The molecule has 34 heavy (non-hydrogen) atoms. The smallest absolute Gasteiger partial charge is 0.195 e. The van der Waals surface area contributed by atoms with Crippen molar-refractivity contribution in [3.63, 3.8) is 0 Å². The van der Waals surface area contributed by atoms with E-state index in [2.05, 4.69) is 62.2 Å². The van der Waals surface area contributed by atoms with Crippen LogP contribution in [0.2, 0.25) is 39.3 Å². The zero-order chi connectivity index (χ0) is 24.4. The Balaban J connectivity index is 2.19. The molecule has 0 amide bonds. The second-order valence-electron chi connectivity index (χ2n) is 11.0. The summed E-state index contributed by atoms with van der Waals surface area (Å²) >= 11 is 0. The van der Waals surface area contributed by atoms with Gasteiger partial charge in [-0.3, -0.25) is 9.59 Å². The highest BCUT2D eigenvalue weighted by atomic mass is 28.3. The Bertz CT molecular complexity index is 1730. The molecule has 0 saturated carbocycles. The first kappa shape index (κ1) is 22.4. The van der Waals surface area contributed by atoms with E-state index in [1.165, 1.54) is 0 Å². The lowest BCUT2D eigenvalue weighted by Gasteiger charge is -2.08. The van der Waals surface area contributed by atoms with E-state index in [9.17, 15) is 9.59 Å². The van der Waals surface area contributed by atoms with Crippen LogP contribution in [-0.2, 0) is 0 Å². The molecule has 2 nitrogen and oxygen atoms in total. The van der Waals surface area contributed by atoms with Crippen LogP contribution in [0.25, 0.3) is 43.1 Å².